The van der Waals surface area contributed by atoms with Crippen molar-refractivity contribution < 1.29 is 45.0 Å². The van der Waals surface area contributed by atoms with Gasteiger partial charge in [-0.25, -0.2) is 0 Å². The van der Waals surface area contributed by atoms with E-state index < -0.39 is 0 Å². The Bertz CT molecular complexity index is 99.0. The zero-order valence-corrected chi connectivity index (χ0v) is 12.3. The van der Waals surface area contributed by atoms with Crippen LogP contribution in [0.4, 0.5) is 0 Å². The van der Waals surface area contributed by atoms with E-state index in [9.17, 15) is 0 Å². The standard InChI is InChI=1S/C4H7N.5CH2O.W/c1-2-3-4-5;5*1-2;/h2-3H2,1H3;5*1H2;. The minimum absolute atomic E-state index is 0. The van der Waals surface area contributed by atoms with Crippen LogP contribution in [-0.4, -0.2) is 33.9 Å². The van der Waals surface area contributed by atoms with Gasteiger partial charge in [0.25, 0.3) is 0 Å². The van der Waals surface area contributed by atoms with E-state index in [1.54, 1.807) is 0 Å². The summed E-state index contributed by atoms with van der Waals surface area (Å²) in [5.74, 6) is 0. The van der Waals surface area contributed by atoms with Crippen LogP contribution < -0.4 is 0 Å². The normalized spacial score (nSPS) is 3.25. The number of hydrogen-bond acceptors (Lipinski definition) is 6. The molecule has 0 aliphatic heterocycles. The summed E-state index contributed by atoms with van der Waals surface area (Å²) in [6, 6.07) is 2.02. The third kappa shape index (κ3) is 5970. The van der Waals surface area contributed by atoms with Crippen molar-refractivity contribution in [3.05, 3.63) is 0 Å². The molecule has 0 spiro atoms. The van der Waals surface area contributed by atoms with Gasteiger partial charge in [0.1, 0.15) is 33.9 Å². The van der Waals surface area contributed by atoms with E-state index in [4.69, 9.17) is 29.2 Å². The molecule has 0 fully saturated rings. The van der Waals surface area contributed by atoms with Crippen LogP contribution in [0.2, 0.25) is 0 Å². The Morgan fingerprint density at radius 3 is 1.00 bits per heavy atom. The van der Waals surface area contributed by atoms with Crippen molar-refractivity contribution in [3.8, 4) is 6.07 Å². The van der Waals surface area contributed by atoms with Gasteiger partial charge in [0.15, 0.2) is 0 Å². The number of nitrogens with zero attached hydrogens (tertiary/aromatic N) is 1. The first-order chi connectivity index (χ1) is 7.41. The second-order valence-corrected chi connectivity index (χ2v) is 0.908. The van der Waals surface area contributed by atoms with Crippen molar-refractivity contribution >= 4 is 33.9 Å². The van der Waals surface area contributed by atoms with Crippen LogP contribution in [0.3, 0.4) is 0 Å². The van der Waals surface area contributed by atoms with Gasteiger partial charge in [0.2, 0.25) is 0 Å². The predicted molar refractivity (Wildman–Crippen MR) is 56.1 cm³/mol. The quantitative estimate of drug-likeness (QED) is 0.627. The first-order valence-corrected chi connectivity index (χ1v) is 3.23. The number of carbonyl (C=O) groups is 5. The SMILES string of the molecule is C=O.C=O.C=O.C=O.C=O.CCCC#N.[W]. The Morgan fingerprint density at radius 1 is 0.812 bits per heavy atom. The Kier molecular flexibility index (Phi) is 2670. The fourth-order valence-corrected chi connectivity index (χ4v) is 0.112. The third-order valence-corrected chi connectivity index (χ3v) is 0.362. The molecule has 0 rings (SSSR count). The molecule has 0 amide bonds. The van der Waals surface area contributed by atoms with Crippen molar-refractivity contribution in [3.63, 3.8) is 0 Å². The fraction of sp³-hybridized carbons (Fsp3) is 0.333. The van der Waals surface area contributed by atoms with Gasteiger partial charge in [-0.2, -0.15) is 5.26 Å². The average molecular weight is 403 g/mol. The first-order valence-electron chi connectivity index (χ1n) is 3.23. The average Bonchev–Trinajstić information content (AvgIpc) is 2.42. The Morgan fingerprint density at radius 2 is 1.00 bits per heavy atom. The Labute approximate surface area is 110 Å². The topological polar surface area (TPSA) is 109 Å². The molecule has 0 radical (unpaired) electrons. The molecule has 7 heteroatoms. The summed E-state index contributed by atoms with van der Waals surface area (Å²) in [5, 5.41) is 7.82. The van der Waals surface area contributed by atoms with Crippen LogP contribution >= 0.6 is 0 Å². The molecule has 94 valence electrons. The van der Waals surface area contributed by atoms with Crippen molar-refractivity contribution in [2.24, 2.45) is 0 Å². The second kappa shape index (κ2) is 909. The van der Waals surface area contributed by atoms with Crippen molar-refractivity contribution in [1.82, 2.24) is 0 Å². The molecule has 0 unspecified atom stereocenters. The van der Waals surface area contributed by atoms with Gasteiger partial charge in [-0.05, 0) is 6.42 Å². The molecule has 0 N–H and O–H groups in total. The Hall–Kier alpha value is -1.47. The number of carbonyl (C=O) groups excluding carboxylic acids is 5. The van der Waals surface area contributed by atoms with Crippen molar-refractivity contribution in [2.75, 3.05) is 0 Å². The summed E-state index contributed by atoms with van der Waals surface area (Å²) in [7, 11) is 0. The first kappa shape index (κ1) is 46.9. The van der Waals surface area contributed by atoms with Gasteiger partial charge in [-0.1, -0.05) is 6.92 Å². The van der Waals surface area contributed by atoms with E-state index in [1.807, 2.05) is 46.9 Å². The van der Waals surface area contributed by atoms with Gasteiger partial charge in [-0.3, -0.25) is 0 Å². The molecule has 0 aromatic rings. The van der Waals surface area contributed by atoms with Crippen LogP contribution in [0.15, 0.2) is 0 Å². The predicted octanol–water partition coefficient (Wildman–Crippen LogP) is 0.383. The van der Waals surface area contributed by atoms with E-state index >= 15 is 0 Å². The summed E-state index contributed by atoms with van der Waals surface area (Å²) < 4.78 is 0. The molecule has 6 nitrogen and oxygen atoms in total. The van der Waals surface area contributed by atoms with E-state index in [1.165, 1.54) is 0 Å². The number of rotatable bonds is 1. The minimum Gasteiger partial charge on any atom is -0.307 e. The largest absolute Gasteiger partial charge is 0.307 e. The minimum atomic E-state index is 0. The molecule has 0 bridgehead atoms. The van der Waals surface area contributed by atoms with Gasteiger partial charge >= 0.3 is 0 Å². The molecule has 16 heavy (non-hydrogen) atoms. The molecular formula is C9H17NO5W. The monoisotopic (exact) mass is 403 g/mol. The summed E-state index contributed by atoms with van der Waals surface area (Å²) in [6.45, 7) is 12.0. The molecular weight excluding hydrogens is 386 g/mol. The molecule has 0 aromatic carbocycles. The molecule has 0 aromatic heterocycles. The number of hydrogen-bond donors (Lipinski definition) is 0. The maximum absolute atomic E-state index is 8.00. The van der Waals surface area contributed by atoms with Crippen LogP contribution in [-0.2, 0) is 45.0 Å². The zero-order valence-electron chi connectivity index (χ0n) is 9.35. The molecule has 0 saturated heterocycles. The molecule has 0 aliphatic rings. The van der Waals surface area contributed by atoms with Gasteiger partial charge in [0.05, 0.1) is 6.07 Å². The van der Waals surface area contributed by atoms with Crippen molar-refractivity contribution in [1.29, 1.82) is 5.26 Å². The molecule has 0 heterocycles. The Balaban J connectivity index is -0.0000000130. The maximum atomic E-state index is 8.00. The third-order valence-electron chi connectivity index (χ3n) is 0.362. The van der Waals surface area contributed by atoms with E-state index in [2.05, 4.69) is 0 Å². The van der Waals surface area contributed by atoms with Crippen LogP contribution in [0.25, 0.3) is 0 Å². The van der Waals surface area contributed by atoms with E-state index in [-0.39, 0.29) is 21.1 Å². The molecule has 0 atom stereocenters. The number of nitriles is 1. The fourth-order valence-electron chi connectivity index (χ4n) is 0.112. The van der Waals surface area contributed by atoms with E-state index in [0.29, 0.717) is 6.42 Å². The second-order valence-electron chi connectivity index (χ2n) is 0.908. The summed E-state index contributed by atoms with van der Waals surface area (Å²) in [5.41, 5.74) is 0. The molecule has 0 saturated carbocycles. The molecule has 0 aliphatic carbocycles. The maximum Gasteiger partial charge on any atom is 0.106 e. The zero-order chi connectivity index (χ0) is 14.1. The smallest absolute Gasteiger partial charge is 0.106 e. The number of unbranched alkanes of at least 4 members (excludes halogenated alkanes) is 1. The summed E-state index contributed by atoms with van der Waals surface area (Å²) in [6.07, 6.45) is 1.68. The van der Waals surface area contributed by atoms with Crippen molar-refractivity contribution in [2.45, 2.75) is 19.8 Å². The van der Waals surface area contributed by atoms with Crippen LogP contribution in [0, 0.1) is 11.3 Å². The van der Waals surface area contributed by atoms with Gasteiger partial charge < -0.3 is 24.0 Å². The van der Waals surface area contributed by atoms with Crippen LogP contribution in [0.1, 0.15) is 19.8 Å². The van der Waals surface area contributed by atoms with Gasteiger partial charge in [0, 0.05) is 27.5 Å². The van der Waals surface area contributed by atoms with Gasteiger partial charge in [-0.15, -0.1) is 0 Å². The van der Waals surface area contributed by atoms with Crippen LogP contribution in [0.5, 0.6) is 0 Å². The summed E-state index contributed by atoms with van der Waals surface area (Å²) in [4.78, 5) is 40.0. The van der Waals surface area contributed by atoms with E-state index in [0.717, 1.165) is 6.42 Å². The summed E-state index contributed by atoms with van der Waals surface area (Å²) >= 11 is 0.